The van der Waals surface area contributed by atoms with Gasteiger partial charge >= 0.3 is 0 Å². The number of carbonyl (C=O) groups excluding carboxylic acids is 2. The fourth-order valence-electron chi connectivity index (χ4n) is 5.84. The van der Waals surface area contributed by atoms with Gasteiger partial charge in [0.2, 0.25) is 14.3 Å². The normalized spacial score (nSPS) is 25.9. The van der Waals surface area contributed by atoms with E-state index in [4.69, 9.17) is 4.74 Å². The second-order valence-corrected chi connectivity index (χ2v) is 15.1. The smallest absolute Gasteiger partial charge is 0.264 e. The summed E-state index contributed by atoms with van der Waals surface area (Å²) in [5.74, 6) is -0.861. The summed E-state index contributed by atoms with van der Waals surface area (Å²) in [6.07, 6.45) is -0.775. The first-order valence-electron chi connectivity index (χ1n) is 11.9. The van der Waals surface area contributed by atoms with E-state index in [0.717, 1.165) is 20.4 Å². The van der Waals surface area contributed by atoms with Gasteiger partial charge in [0, 0.05) is 40.7 Å². The van der Waals surface area contributed by atoms with Crippen molar-refractivity contribution in [2.75, 3.05) is 25.1 Å². The molecule has 6 nitrogen and oxygen atoms in total. The molecule has 0 aliphatic carbocycles. The Morgan fingerprint density at radius 3 is 2.57 bits per heavy atom. The number of nitrogens with zero attached hydrogens (tertiary/aromatic N) is 2. The van der Waals surface area contributed by atoms with E-state index in [0.29, 0.717) is 6.54 Å². The molecule has 9 heteroatoms. The summed E-state index contributed by atoms with van der Waals surface area (Å²) in [5.41, 5.74) is 0.606. The highest BCUT2D eigenvalue weighted by Crippen LogP contribution is 2.60. The number of likely N-dealkylation sites (N-methyl/N-ethyl adjacent to an activating group) is 1. The highest BCUT2D eigenvalue weighted by atomic mass is 127. The Labute approximate surface area is 220 Å². The molecule has 2 aliphatic heterocycles. The Kier molecular flexibility index (Phi) is 7.43. The molecular weight excluding hydrogens is 578 g/mol. The van der Waals surface area contributed by atoms with Gasteiger partial charge in [-0.05, 0) is 59.4 Å². The molecule has 4 rings (SSSR count). The van der Waals surface area contributed by atoms with E-state index < -0.39 is 31.6 Å². The van der Waals surface area contributed by atoms with E-state index in [1.54, 1.807) is 29.9 Å². The summed E-state index contributed by atoms with van der Waals surface area (Å²) < 4.78 is 23.4. The highest BCUT2D eigenvalue weighted by Gasteiger charge is 2.66. The Bertz CT molecular complexity index is 1110. The summed E-state index contributed by atoms with van der Waals surface area (Å²) in [7, 11) is -1.63. The SMILES string of the molecule is C[C@@H]1[C@@H]([Si](C)(C)F)[C@H](CC(=O)N(CCO)Cc2ccccc2)O[C@@]12C(=O)N(C)c1ccc(I)cc12. The van der Waals surface area contributed by atoms with Crippen molar-refractivity contribution < 1.29 is 23.5 Å². The Balaban J connectivity index is 1.68. The summed E-state index contributed by atoms with van der Waals surface area (Å²) in [5, 5.41) is 9.59. The van der Waals surface area contributed by atoms with E-state index in [2.05, 4.69) is 22.6 Å². The average molecular weight is 611 g/mol. The summed E-state index contributed by atoms with van der Waals surface area (Å²) in [6.45, 7) is 5.49. The molecule has 2 aromatic rings. The lowest BCUT2D eigenvalue weighted by atomic mass is 9.82. The van der Waals surface area contributed by atoms with Gasteiger partial charge in [-0.15, -0.1) is 0 Å². The van der Waals surface area contributed by atoms with Gasteiger partial charge in [0.25, 0.3) is 5.91 Å². The van der Waals surface area contributed by atoms with E-state index in [1.807, 2.05) is 55.5 Å². The number of aliphatic hydroxyl groups excluding tert-OH is 1. The fraction of sp³-hybridized carbons (Fsp3) is 0.462. The molecule has 0 saturated carbocycles. The van der Waals surface area contributed by atoms with Crippen molar-refractivity contribution in [2.45, 2.75) is 50.2 Å². The molecule has 0 bridgehead atoms. The summed E-state index contributed by atoms with van der Waals surface area (Å²) in [6, 6.07) is 15.3. The largest absolute Gasteiger partial charge is 0.395 e. The number of amides is 2. The van der Waals surface area contributed by atoms with Crippen LogP contribution in [0.4, 0.5) is 9.80 Å². The molecule has 2 aliphatic rings. The number of hydrogen-bond donors (Lipinski definition) is 1. The third-order valence-corrected chi connectivity index (χ3v) is 10.5. The molecular formula is C26H32FIN2O4Si. The predicted octanol–water partition coefficient (Wildman–Crippen LogP) is 4.45. The lowest BCUT2D eigenvalue weighted by Crippen LogP contribution is -2.44. The van der Waals surface area contributed by atoms with Crippen LogP contribution in [0, 0.1) is 9.49 Å². The van der Waals surface area contributed by atoms with Crippen LogP contribution in [0.2, 0.25) is 18.6 Å². The standard InChI is InChI=1S/C26H32FIN2O4Si/c1-17-24(35(3,4)27)22(15-23(32)30(12-13-31)16-18-8-6-5-7-9-18)34-26(17)20-14-19(28)10-11-21(20)29(2)25(26)33/h5-11,14,17,22,24,31H,12-13,15-16H2,1-4H3/t17-,22+,24-,26+/m1/s1. The number of aliphatic hydroxyl groups is 1. The van der Waals surface area contributed by atoms with Gasteiger partial charge in [-0.2, -0.15) is 0 Å². The van der Waals surface area contributed by atoms with Gasteiger partial charge in [0.15, 0.2) is 5.60 Å². The van der Waals surface area contributed by atoms with E-state index in [9.17, 15) is 14.7 Å². The number of fused-ring (bicyclic) bond motifs is 2. The number of anilines is 1. The quantitative estimate of drug-likeness (QED) is 0.286. The van der Waals surface area contributed by atoms with Crippen LogP contribution in [-0.4, -0.2) is 56.5 Å². The topological polar surface area (TPSA) is 70.1 Å². The molecule has 0 unspecified atom stereocenters. The van der Waals surface area contributed by atoms with E-state index in [-0.39, 0.29) is 31.4 Å². The van der Waals surface area contributed by atoms with Crippen LogP contribution in [-0.2, 0) is 26.5 Å². The van der Waals surface area contributed by atoms with E-state index >= 15 is 4.11 Å². The number of rotatable bonds is 7. The van der Waals surface area contributed by atoms with E-state index in [1.165, 1.54) is 0 Å². The molecule has 35 heavy (non-hydrogen) atoms. The van der Waals surface area contributed by atoms with Gasteiger partial charge in [-0.25, -0.2) is 0 Å². The maximum atomic E-state index is 15.8. The zero-order valence-electron chi connectivity index (χ0n) is 20.5. The number of benzene rings is 2. The fourth-order valence-corrected chi connectivity index (χ4v) is 8.83. The Morgan fingerprint density at radius 1 is 1.26 bits per heavy atom. The minimum atomic E-state index is -3.34. The van der Waals surface area contributed by atoms with Gasteiger partial charge < -0.3 is 23.8 Å². The van der Waals surface area contributed by atoms with Gasteiger partial charge in [-0.3, -0.25) is 9.59 Å². The second-order valence-electron chi connectivity index (χ2n) is 10.0. The molecule has 1 spiro atoms. The van der Waals surface area contributed by atoms with Crippen LogP contribution >= 0.6 is 22.6 Å². The molecule has 0 radical (unpaired) electrons. The maximum absolute atomic E-state index is 15.8. The maximum Gasteiger partial charge on any atom is 0.264 e. The molecule has 2 heterocycles. The van der Waals surface area contributed by atoms with Crippen molar-refractivity contribution >= 4 is 48.5 Å². The zero-order valence-corrected chi connectivity index (χ0v) is 23.7. The van der Waals surface area contributed by atoms with Crippen LogP contribution in [0.25, 0.3) is 0 Å². The molecule has 188 valence electrons. The average Bonchev–Trinajstić information content (AvgIpc) is 3.21. The lowest BCUT2D eigenvalue weighted by molar-refractivity contribution is -0.149. The highest BCUT2D eigenvalue weighted by molar-refractivity contribution is 14.1. The summed E-state index contributed by atoms with van der Waals surface area (Å²) in [4.78, 5) is 30.3. The van der Waals surface area contributed by atoms with Crippen LogP contribution in [0.1, 0.15) is 24.5 Å². The minimum absolute atomic E-state index is 0.0415. The third kappa shape index (κ3) is 4.67. The number of carbonyl (C=O) groups is 2. The first-order valence-corrected chi connectivity index (χ1v) is 15.9. The number of halogens is 2. The van der Waals surface area contributed by atoms with Gasteiger partial charge in [0.05, 0.1) is 24.8 Å². The molecule has 2 amide bonds. The molecule has 1 N–H and O–H groups in total. The summed E-state index contributed by atoms with van der Waals surface area (Å²) >= 11 is 2.20. The zero-order chi connectivity index (χ0) is 25.5. The third-order valence-electron chi connectivity index (χ3n) is 7.37. The predicted molar refractivity (Wildman–Crippen MR) is 144 cm³/mol. The number of ether oxygens (including phenoxy) is 1. The Hall–Kier alpha value is -1.82. The van der Waals surface area contributed by atoms with Crippen molar-refractivity contribution in [3.05, 3.63) is 63.2 Å². The molecule has 0 aromatic heterocycles. The lowest BCUT2D eigenvalue weighted by Gasteiger charge is -2.31. The first kappa shape index (κ1) is 26.2. The Morgan fingerprint density at radius 2 is 1.94 bits per heavy atom. The molecule has 1 saturated heterocycles. The van der Waals surface area contributed by atoms with Crippen molar-refractivity contribution in [3.63, 3.8) is 0 Å². The van der Waals surface area contributed by atoms with Gasteiger partial charge in [0.1, 0.15) is 0 Å². The molecule has 2 aromatic carbocycles. The van der Waals surface area contributed by atoms with Crippen molar-refractivity contribution in [3.8, 4) is 0 Å². The van der Waals surface area contributed by atoms with Crippen LogP contribution in [0.15, 0.2) is 48.5 Å². The second kappa shape index (κ2) is 9.91. The van der Waals surface area contributed by atoms with Crippen molar-refractivity contribution in [1.82, 2.24) is 4.90 Å². The molecule has 1 fully saturated rings. The van der Waals surface area contributed by atoms with Crippen LogP contribution in [0.3, 0.4) is 0 Å². The van der Waals surface area contributed by atoms with Crippen molar-refractivity contribution in [1.29, 1.82) is 0 Å². The van der Waals surface area contributed by atoms with Crippen molar-refractivity contribution in [2.24, 2.45) is 5.92 Å². The monoisotopic (exact) mass is 610 g/mol. The first-order chi connectivity index (χ1) is 16.5. The minimum Gasteiger partial charge on any atom is -0.395 e. The molecule has 4 atom stereocenters. The van der Waals surface area contributed by atoms with Crippen LogP contribution < -0.4 is 4.90 Å². The number of hydrogen-bond acceptors (Lipinski definition) is 4. The van der Waals surface area contributed by atoms with Crippen LogP contribution in [0.5, 0.6) is 0 Å². The van der Waals surface area contributed by atoms with Gasteiger partial charge in [-0.1, -0.05) is 37.3 Å².